The second-order valence-electron chi connectivity index (χ2n) is 6.63. The maximum absolute atomic E-state index is 13.0. The fraction of sp³-hybridized carbons (Fsp3) is 0.789. The average Bonchev–Trinajstić information content (AvgIpc) is 2.80. The van der Waals surface area contributed by atoms with Crippen molar-refractivity contribution in [1.29, 1.82) is 0 Å². The highest BCUT2D eigenvalue weighted by Gasteiger charge is 2.27. The second kappa shape index (κ2) is 18.8. The van der Waals surface area contributed by atoms with E-state index in [4.69, 9.17) is 33.7 Å². The molecule has 0 aromatic heterocycles. The molecule has 0 rings (SSSR count). The number of nitrogens with zero attached hydrogens (tertiary/aromatic N) is 2. The number of methoxy groups -OCH3 is 1. The first-order valence-electron chi connectivity index (χ1n) is 10.8. The minimum Gasteiger partial charge on any atom is -0.468 e. The Balaban J connectivity index is 4.85. The van der Waals surface area contributed by atoms with Crippen molar-refractivity contribution in [2.45, 2.75) is 39.5 Å². The number of guanidine groups is 1. The Labute approximate surface area is 199 Å². The van der Waals surface area contributed by atoms with Gasteiger partial charge in [0.1, 0.15) is 19.8 Å². The number of carbonyl (C=O) groups excluding carboxylic acids is 3. The first-order chi connectivity index (χ1) is 16.2. The minimum absolute atomic E-state index is 0.214. The number of hydrogen-bond donors (Lipinski definition) is 1. The van der Waals surface area contributed by atoms with Crippen LogP contribution in [0, 0.1) is 0 Å². The molecular formula is C19H36N3O11P. The fourth-order valence-electron chi connectivity index (χ4n) is 1.87. The molecule has 34 heavy (non-hydrogen) atoms. The van der Waals surface area contributed by atoms with Crippen molar-refractivity contribution >= 4 is 32.0 Å². The summed E-state index contributed by atoms with van der Waals surface area (Å²) < 4.78 is 50.8. The number of rotatable bonds is 17. The summed E-state index contributed by atoms with van der Waals surface area (Å²) in [4.78, 5) is 35.5. The standard InChI is InChI=1S/C19H36N3O11P/c1-5-7-9-28-18(24)30-11-13-32-34(26,21-17(20)22(3)15-16(23)27-4)33-14-12-31-19(25)29-10-8-6-2/h5-15H2,1-4H3,(H2,20,21,26). The Morgan fingerprint density at radius 3 is 1.68 bits per heavy atom. The summed E-state index contributed by atoms with van der Waals surface area (Å²) in [7, 11) is -1.64. The molecule has 0 heterocycles. The molecule has 0 amide bonds. The van der Waals surface area contributed by atoms with E-state index in [1.165, 1.54) is 14.2 Å². The van der Waals surface area contributed by atoms with E-state index in [-0.39, 0.29) is 52.1 Å². The van der Waals surface area contributed by atoms with Crippen molar-refractivity contribution in [2.75, 3.05) is 60.3 Å². The molecule has 0 saturated carbocycles. The number of nitrogens with two attached hydrogens (primary N) is 1. The zero-order chi connectivity index (χ0) is 25.8. The Kier molecular flexibility index (Phi) is 17.4. The van der Waals surface area contributed by atoms with Crippen LogP contribution in [-0.4, -0.2) is 89.5 Å². The maximum atomic E-state index is 13.0. The molecule has 0 aliphatic rings. The summed E-state index contributed by atoms with van der Waals surface area (Å²) in [6, 6.07) is 0. The largest absolute Gasteiger partial charge is 0.508 e. The zero-order valence-electron chi connectivity index (χ0n) is 20.2. The van der Waals surface area contributed by atoms with Crippen LogP contribution in [0.2, 0.25) is 0 Å². The van der Waals surface area contributed by atoms with Crippen LogP contribution in [0.25, 0.3) is 0 Å². The molecule has 0 radical (unpaired) electrons. The summed E-state index contributed by atoms with van der Waals surface area (Å²) in [5, 5.41) is 0. The third-order valence-corrected chi connectivity index (χ3v) is 5.23. The van der Waals surface area contributed by atoms with Crippen LogP contribution in [0.15, 0.2) is 4.76 Å². The molecule has 0 saturated heterocycles. The van der Waals surface area contributed by atoms with Gasteiger partial charge in [-0.1, -0.05) is 26.7 Å². The lowest BCUT2D eigenvalue weighted by atomic mass is 10.4. The van der Waals surface area contributed by atoms with Crippen molar-refractivity contribution in [3.63, 3.8) is 0 Å². The van der Waals surface area contributed by atoms with Gasteiger partial charge in [0.05, 0.1) is 33.5 Å². The van der Waals surface area contributed by atoms with Crippen LogP contribution in [0.5, 0.6) is 0 Å². The van der Waals surface area contributed by atoms with Crippen molar-refractivity contribution in [2.24, 2.45) is 10.5 Å². The highest BCUT2D eigenvalue weighted by molar-refractivity contribution is 7.52. The predicted octanol–water partition coefficient (Wildman–Crippen LogP) is 2.45. The van der Waals surface area contributed by atoms with Gasteiger partial charge in [-0.15, -0.1) is 4.76 Å². The number of ether oxygens (including phenoxy) is 5. The molecule has 0 bridgehead atoms. The third kappa shape index (κ3) is 16.1. The van der Waals surface area contributed by atoms with Gasteiger partial charge < -0.3 is 34.3 Å². The first-order valence-corrected chi connectivity index (χ1v) is 12.3. The van der Waals surface area contributed by atoms with E-state index in [9.17, 15) is 18.9 Å². The normalized spacial score (nSPS) is 11.5. The van der Waals surface area contributed by atoms with Gasteiger partial charge in [0.25, 0.3) is 0 Å². The molecule has 0 aliphatic carbocycles. The lowest BCUT2D eigenvalue weighted by Gasteiger charge is -2.19. The SMILES string of the molecule is CCCCOC(=O)OCCOP(=O)(/N=C(\N)N(C)CC(=O)OC)OCCOC(=O)OCCCC. The topological polar surface area (TPSA) is 175 Å². The van der Waals surface area contributed by atoms with Gasteiger partial charge in [0.2, 0.25) is 5.96 Å². The molecule has 0 fully saturated rings. The molecule has 15 heteroatoms. The van der Waals surface area contributed by atoms with Gasteiger partial charge in [-0.2, -0.15) is 0 Å². The molecule has 0 aromatic carbocycles. The Morgan fingerprint density at radius 2 is 1.26 bits per heavy atom. The number of unbranched alkanes of at least 4 members (excludes halogenated alkanes) is 2. The van der Waals surface area contributed by atoms with E-state index in [1.54, 1.807) is 0 Å². The van der Waals surface area contributed by atoms with E-state index in [0.717, 1.165) is 17.7 Å². The van der Waals surface area contributed by atoms with Crippen LogP contribution in [0.1, 0.15) is 39.5 Å². The number of esters is 1. The summed E-state index contributed by atoms with van der Waals surface area (Å²) >= 11 is 0. The summed E-state index contributed by atoms with van der Waals surface area (Å²) in [5.41, 5.74) is 5.77. The lowest BCUT2D eigenvalue weighted by Crippen LogP contribution is -2.38. The van der Waals surface area contributed by atoms with Crippen molar-refractivity contribution in [3.8, 4) is 0 Å². The summed E-state index contributed by atoms with van der Waals surface area (Å²) in [6.45, 7) is 2.71. The second-order valence-corrected chi connectivity index (χ2v) is 8.28. The average molecular weight is 513 g/mol. The Morgan fingerprint density at radius 1 is 0.824 bits per heavy atom. The monoisotopic (exact) mass is 513 g/mol. The molecule has 0 aliphatic heterocycles. The highest BCUT2D eigenvalue weighted by atomic mass is 31.2. The van der Waals surface area contributed by atoms with E-state index >= 15 is 0 Å². The molecule has 14 nitrogen and oxygen atoms in total. The van der Waals surface area contributed by atoms with Gasteiger partial charge >= 0.3 is 26.0 Å². The third-order valence-electron chi connectivity index (χ3n) is 3.76. The lowest BCUT2D eigenvalue weighted by molar-refractivity contribution is -0.140. The maximum Gasteiger partial charge on any atom is 0.508 e. The molecule has 0 unspecified atom stereocenters. The molecule has 0 spiro atoms. The molecule has 0 atom stereocenters. The number of hydrogen-bond acceptors (Lipinski definition) is 11. The highest BCUT2D eigenvalue weighted by Crippen LogP contribution is 2.49. The summed E-state index contributed by atoms with van der Waals surface area (Å²) in [5.74, 6) is -0.948. The van der Waals surface area contributed by atoms with Crippen LogP contribution in [0.4, 0.5) is 9.59 Å². The van der Waals surface area contributed by atoms with Crippen molar-refractivity contribution in [1.82, 2.24) is 4.90 Å². The van der Waals surface area contributed by atoms with Crippen molar-refractivity contribution < 1.29 is 51.7 Å². The minimum atomic E-state index is -4.25. The quantitative estimate of drug-likeness (QED) is 0.0750. The van der Waals surface area contributed by atoms with Gasteiger partial charge in [-0.25, -0.2) is 14.2 Å². The Bertz CT molecular complexity index is 656. The van der Waals surface area contributed by atoms with Crippen LogP contribution in [0.3, 0.4) is 0 Å². The fourth-order valence-corrected chi connectivity index (χ4v) is 3.08. The molecule has 2 N–H and O–H groups in total. The van der Waals surface area contributed by atoms with E-state index in [2.05, 4.69) is 9.50 Å². The molecule has 198 valence electrons. The van der Waals surface area contributed by atoms with E-state index in [0.29, 0.717) is 12.8 Å². The number of likely N-dealkylation sites (N-methyl/N-ethyl adjacent to an activating group) is 1. The predicted molar refractivity (Wildman–Crippen MR) is 120 cm³/mol. The van der Waals surface area contributed by atoms with Crippen molar-refractivity contribution in [3.05, 3.63) is 0 Å². The summed E-state index contributed by atoms with van der Waals surface area (Å²) in [6.07, 6.45) is 1.28. The van der Waals surface area contributed by atoms with Crippen LogP contribution < -0.4 is 5.73 Å². The van der Waals surface area contributed by atoms with Gasteiger partial charge in [0.15, 0.2) is 0 Å². The van der Waals surface area contributed by atoms with Gasteiger partial charge in [-0.3, -0.25) is 13.8 Å². The van der Waals surface area contributed by atoms with Gasteiger partial charge in [0, 0.05) is 7.05 Å². The van der Waals surface area contributed by atoms with Gasteiger partial charge in [-0.05, 0) is 12.8 Å². The number of carbonyl (C=O) groups is 3. The van der Waals surface area contributed by atoms with Crippen LogP contribution in [-0.2, 0) is 42.1 Å². The first kappa shape index (κ1) is 31.4. The van der Waals surface area contributed by atoms with E-state index in [1.807, 2.05) is 13.8 Å². The Hall–Kier alpha value is -2.57. The molecule has 0 aromatic rings. The van der Waals surface area contributed by atoms with E-state index < -0.39 is 26.0 Å². The smallest absolute Gasteiger partial charge is 0.468 e. The zero-order valence-corrected chi connectivity index (χ0v) is 21.1. The molecular weight excluding hydrogens is 477 g/mol. The van der Waals surface area contributed by atoms with Crippen LogP contribution >= 0.6 is 7.75 Å².